The highest BCUT2D eigenvalue weighted by molar-refractivity contribution is 5.12. The molecule has 0 atom stereocenters. The molecule has 0 aliphatic heterocycles. The molecule has 0 saturated carbocycles. The number of halogens is 1. The Balaban J connectivity index is 2.51. The maximum atomic E-state index is 13.3. The van der Waals surface area contributed by atoms with Crippen LogP contribution in [0.25, 0.3) is 0 Å². The van der Waals surface area contributed by atoms with E-state index in [1.54, 1.807) is 0 Å². The Kier molecular flexibility index (Phi) is 6.44. The van der Waals surface area contributed by atoms with Crippen molar-refractivity contribution in [3.05, 3.63) is 12.0 Å². The second-order valence-corrected chi connectivity index (χ2v) is 4.61. The third-order valence-corrected chi connectivity index (χ3v) is 2.21. The smallest absolute Gasteiger partial charge is 0.322 e. The van der Waals surface area contributed by atoms with Gasteiger partial charge in [0.15, 0.2) is 0 Å². The van der Waals surface area contributed by atoms with Crippen LogP contribution in [0.4, 0.5) is 4.39 Å². The van der Waals surface area contributed by atoms with E-state index in [0.717, 1.165) is 12.6 Å². The third-order valence-electron chi connectivity index (χ3n) is 2.21. The van der Waals surface area contributed by atoms with Gasteiger partial charge in [0.25, 0.3) is 0 Å². The molecule has 0 saturated heterocycles. The number of hydrogen-bond donors (Lipinski definition) is 0. The lowest BCUT2D eigenvalue weighted by Gasteiger charge is -2.12. The average molecular weight is 272 g/mol. The minimum atomic E-state index is -0.658. The van der Waals surface area contributed by atoms with Crippen LogP contribution in [0.5, 0.6) is 11.9 Å². The van der Waals surface area contributed by atoms with Crippen molar-refractivity contribution in [2.24, 2.45) is 0 Å². The van der Waals surface area contributed by atoms with Gasteiger partial charge >= 0.3 is 6.01 Å². The molecule has 0 unspecified atom stereocenters. The van der Waals surface area contributed by atoms with Crippen LogP contribution in [0.2, 0.25) is 0 Å². The molecule has 7 heteroatoms. The molecule has 0 bridgehead atoms. The van der Waals surface area contributed by atoms with Gasteiger partial charge in [0, 0.05) is 13.1 Å². The Labute approximate surface area is 113 Å². The standard InChI is InChI=1S/C12H21FN4O2/c1-16(2)5-7-18-11-9-10(13)14-12(15-11)19-8-6-17(3)4/h9H,5-8H2,1-4H3. The van der Waals surface area contributed by atoms with Crippen LogP contribution >= 0.6 is 0 Å². The lowest BCUT2D eigenvalue weighted by Crippen LogP contribution is -2.21. The normalized spacial score (nSPS) is 11.1. The van der Waals surface area contributed by atoms with Crippen molar-refractivity contribution >= 4 is 0 Å². The Hall–Kier alpha value is -1.47. The van der Waals surface area contributed by atoms with Crippen molar-refractivity contribution in [1.82, 2.24) is 19.8 Å². The van der Waals surface area contributed by atoms with Gasteiger partial charge in [0.2, 0.25) is 11.8 Å². The van der Waals surface area contributed by atoms with Crippen molar-refractivity contribution < 1.29 is 13.9 Å². The maximum absolute atomic E-state index is 13.3. The molecular formula is C12H21FN4O2. The second-order valence-electron chi connectivity index (χ2n) is 4.61. The molecule has 0 spiro atoms. The van der Waals surface area contributed by atoms with Crippen LogP contribution in [0.1, 0.15) is 0 Å². The first-order valence-corrected chi connectivity index (χ1v) is 6.07. The SMILES string of the molecule is CN(C)CCOc1cc(F)nc(OCCN(C)C)n1. The summed E-state index contributed by atoms with van der Waals surface area (Å²) in [6.07, 6.45) is 0. The molecule has 0 radical (unpaired) electrons. The zero-order valence-corrected chi connectivity index (χ0v) is 11.9. The molecule has 0 N–H and O–H groups in total. The second kappa shape index (κ2) is 7.85. The Bertz CT molecular complexity index is 356. The fourth-order valence-corrected chi connectivity index (χ4v) is 1.17. The first kappa shape index (κ1) is 15.6. The summed E-state index contributed by atoms with van der Waals surface area (Å²) in [6, 6.07) is 1.15. The first-order valence-electron chi connectivity index (χ1n) is 6.07. The average Bonchev–Trinajstić information content (AvgIpc) is 2.27. The number of rotatable bonds is 8. The van der Waals surface area contributed by atoms with Gasteiger partial charge in [-0.15, -0.1) is 0 Å². The molecule has 0 aliphatic carbocycles. The van der Waals surface area contributed by atoms with E-state index in [2.05, 4.69) is 9.97 Å². The summed E-state index contributed by atoms with van der Waals surface area (Å²) in [6.45, 7) is 2.26. The zero-order valence-electron chi connectivity index (χ0n) is 11.9. The van der Waals surface area contributed by atoms with Gasteiger partial charge < -0.3 is 19.3 Å². The summed E-state index contributed by atoms with van der Waals surface area (Å²) in [5.74, 6) is -0.469. The van der Waals surface area contributed by atoms with E-state index < -0.39 is 5.95 Å². The number of ether oxygens (including phenoxy) is 2. The van der Waals surface area contributed by atoms with E-state index >= 15 is 0 Å². The van der Waals surface area contributed by atoms with E-state index in [1.165, 1.54) is 0 Å². The number of likely N-dealkylation sites (N-methyl/N-ethyl adjacent to an activating group) is 2. The predicted octanol–water partition coefficient (Wildman–Crippen LogP) is 0.496. The van der Waals surface area contributed by atoms with Gasteiger partial charge in [-0.05, 0) is 28.2 Å². The highest BCUT2D eigenvalue weighted by Gasteiger charge is 2.07. The maximum Gasteiger partial charge on any atom is 0.322 e. The summed E-state index contributed by atoms with van der Waals surface area (Å²) in [5, 5.41) is 0. The van der Waals surface area contributed by atoms with Crippen molar-refractivity contribution in [1.29, 1.82) is 0 Å². The topological polar surface area (TPSA) is 50.7 Å². The third kappa shape index (κ3) is 6.88. The minimum Gasteiger partial charge on any atom is -0.476 e. The van der Waals surface area contributed by atoms with Crippen LogP contribution in [0.3, 0.4) is 0 Å². The molecule has 0 aliphatic rings. The molecule has 1 heterocycles. The van der Waals surface area contributed by atoms with Crippen LogP contribution < -0.4 is 9.47 Å². The van der Waals surface area contributed by atoms with Gasteiger partial charge in [-0.3, -0.25) is 0 Å². The highest BCUT2D eigenvalue weighted by Crippen LogP contribution is 2.13. The van der Waals surface area contributed by atoms with E-state index in [9.17, 15) is 4.39 Å². The summed E-state index contributed by atoms with van der Waals surface area (Å²) >= 11 is 0. The molecule has 1 aromatic heterocycles. The van der Waals surface area contributed by atoms with Crippen molar-refractivity contribution in [3.63, 3.8) is 0 Å². The van der Waals surface area contributed by atoms with Crippen LogP contribution in [-0.2, 0) is 0 Å². The van der Waals surface area contributed by atoms with E-state index in [0.29, 0.717) is 19.8 Å². The fourth-order valence-electron chi connectivity index (χ4n) is 1.17. The molecule has 0 aromatic carbocycles. The van der Waals surface area contributed by atoms with Crippen LogP contribution in [0, 0.1) is 5.95 Å². The minimum absolute atomic E-state index is 0.00158. The highest BCUT2D eigenvalue weighted by atomic mass is 19.1. The molecule has 19 heavy (non-hydrogen) atoms. The van der Waals surface area contributed by atoms with Crippen LogP contribution in [-0.4, -0.2) is 74.3 Å². The van der Waals surface area contributed by atoms with Gasteiger partial charge in [-0.25, -0.2) is 0 Å². The Morgan fingerprint density at radius 1 is 1.00 bits per heavy atom. The molecule has 108 valence electrons. The predicted molar refractivity (Wildman–Crippen MR) is 70.1 cm³/mol. The lowest BCUT2D eigenvalue weighted by atomic mass is 10.6. The molecule has 1 rings (SSSR count). The summed E-state index contributed by atoms with van der Waals surface area (Å²) in [4.78, 5) is 11.5. The van der Waals surface area contributed by atoms with Crippen LogP contribution in [0.15, 0.2) is 6.07 Å². The van der Waals surface area contributed by atoms with E-state index in [4.69, 9.17) is 9.47 Å². The van der Waals surface area contributed by atoms with E-state index in [-0.39, 0.29) is 11.9 Å². The lowest BCUT2D eigenvalue weighted by molar-refractivity contribution is 0.226. The summed E-state index contributed by atoms with van der Waals surface area (Å²) in [5.41, 5.74) is 0. The Morgan fingerprint density at radius 2 is 1.58 bits per heavy atom. The number of aromatic nitrogens is 2. The number of nitrogens with zero attached hydrogens (tertiary/aromatic N) is 4. The van der Waals surface area contributed by atoms with Crippen molar-refractivity contribution in [2.45, 2.75) is 0 Å². The quantitative estimate of drug-likeness (QED) is 0.642. The summed E-state index contributed by atoms with van der Waals surface area (Å²) in [7, 11) is 7.70. The largest absolute Gasteiger partial charge is 0.476 e. The molecular weight excluding hydrogens is 251 g/mol. The van der Waals surface area contributed by atoms with Gasteiger partial charge in [0.05, 0.1) is 6.07 Å². The molecule has 6 nitrogen and oxygen atoms in total. The molecule has 0 fully saturated rings. The summed E-state index contributed by atoms with van der Waals surface area (Å²) < 4.78 is 23.9. The van der Waals surface area contributed by atoms with Gasteiger partial charge in [-0.2, -0.15) is 14.4 Å². The van der Waals surface area contributed by atoms with E-state index in [1.807, 2.05) is 38.0 Å². The Morgan fingerprint density at radius 3 is 2.16 bits per heavy atom. The molecule has 0 amide bonds. The zero-order chi connectivity index (χ0) is 14.3. The van der Waals surface area contributed by atoms with Gasteiger partial charge in [-0.1, -0.05) is 0 Å². The monoisotopic (exact) mass is 272 g/mol. The van der Waals surface area contributed by atoms with Gasteiger partial charge in [0.1, 0.15) is 13.2 Å². The first-order chi connectivity index (χ1) is 8.97. The van der Waals surface area contributed by atoms with Crippen molar-refractivity contribution in [3.8, 4) is 11.9 Å². The fraction of sp³-hybridized carbons (Fsp3) is 0.667. The molecule has 1 aromatic rings. The number of hydrogen-bond acceptors (Lipinski definition) is 6. The van der Waals surface area contributed by atoms with Crippen molar-refractivity contribution in [2.75, 3.05) is 54.5 Å².